The van der Waals surface area contributed by atoms with Gasteiger partial charge in [-0.25, -0.2) is 4.39 Å². The lowest BCUT2D eigenvalue weighted by Crippen LogP contribution is -2.40. The van der Waals surface area contributed by atoms with Crippen LogP contribution < -0.4 is 9.80 Å². The van der Waals surface area contributed by atoms with Crippen LogP contribution in [-0.2, 0) is 4.79 Å². The highest BCUT2D eigenvalue weighted by Crippen LogP contribution is 2.28. The van der Waals surface area contributed by atoms with Gasteiger partial charge in [-0.15, -0.1) is 5.10 Å². The molecule has 1 atom stereocenters. The van der Waals surface area contributed by atoms with Crippen LogP contribution in [0.25, 0.3) is 0 Å². The van der Waals surface area contributed by atoms with Crippen molar-refractivity contribution in [2.24, 2.45) is 5.92 Å². The topological polar surface area (TPSA) is 76.4 Å². The summed E-state index contributed by atoms with van der Waals surface area (Å²) < 4.78 is 14.3. The van der Waals surface area contributed by atoms with E-state index in [1.807, 2.05) is 28.0 Å². The standard InChI is InChI=1S/C21H23FN6O/c22-18-13-16(14-23)4-5-19(18)28-10-6-17(15-28)21(29)27-9-2-8-26(11-12-27)20-3-1-7-24-25-20/h1,3-5,7,13,17H,2,6,8-12,15H2. The molecule has 150 valence electrons. The molecular weight excluding hydrogens is 371 g/mol. The van der Waals surface area contributed by atoms with Gasteiger partial charge in [0, 0.05) is 45.5 Å². The lowest BCUT2D eigenvalue weighted by molar-refractivity contribution is -0.134. The van der Waals surface area contributed by atoms with E-state index >= 15 is 0 Å². The second-order valence-electron chi connectivity index (χ2n) is 7.46. The second-order valence-corrected chi connectivity index (χ2v) is 7.46. The first-order chi connectivity index (χ1) is 14.2. The van der Waals surface area contributed by atoms with E-state index < -0.39 is 5.82 Å². The number of hydrogen-bond donors (Lipinski definition) is 0. The van der Waals surface area contributed by atoms with E-state index in [0.29, 0.717) is 37.3 Å². The number of anilines is 2. The fraction of sp³-hybridized carbons (Fsp3) is 0.429. The number of carbonyl (C=O) groups is 1. The molecule has 2 aliphatic heterocycles. The first-order valence-corrected chi connectivity index (χ1v) is 9.92. The summed E-state index contributed by atoms with van der Waals surface area (Å²) in [6, 6.07) is 10.2. The third-order valence-corrected chi connectivity index (χ3v) is 5.64. The number of hydrogen-bond acceptors (Lipinski definition) is 6. The summed E-state index contributed by atoms with van der Waals surface area (Å²) in [7, 11) is 0. The number of carbonyl (C=O) groups excluding carboxylic acids is 1. The molecule has 0 aliphatic carbocycles. The maximum Gasteiger partial charge on any atom is 0.227 e. The molecule has 0 radical (unpaired) electrons. The van der Waals surface area contributed by atoms with Crippen LogP contribution in [0.1, 0.15) is 18.4 Å². The summed E-state index contributed by atoms with van der Waals surface area (Å²) in [6.07, 6.45) is 3.24. The molecular formula is C21H23FN6O. The number of halogens is 1. The number of rotatable bonds is 3. The van der Waals surface area contributed by atoms with Gasteiger partial charge < -0.3 is 14.7 Å². The van der Waals surface area contributed by atoms with Crippen molar-refractivity contribution in [1.82, 2.24) is 15.1 Å². The summed E-state index contributed by atoms with van der Waals surface area (Å²) in [5.74, 6) is 0.437. The molecule has 7 nitrogen and oxygen atoms in total. The van der Waals surface area contributed by atoms with Crippen LogP contribution in [0.15, 0.2) is 36.5 Å². The van der Waals surface area contributed by atoms with Gasteiger partial charge in [-0.2, -0.15) is 10.4 Å². The van der Waals surface area contributed by atoms with Crippen LogP contribution in [0.3, 0.4) is 0 Å². The average Bonchev–Trinajstić information content (AvgIpc) is 3.11. The fourth-order valence-electron chi connectivity index (χ4n) is 4.10. The Hall–Kier alpha value is -3.21. The Balaban J connectivity index is 1.37. The van der Waals surface area contributed by atoms with Gasteiger partial charge in [0.15, 0.2) is 5.82 Å². The molecule has 1 aromatic carbocycles. The molecule has 8 heteroatoms. The molecule has 4 rings (SSSR count). The minimum atomic E-state index is -0.411. The van der Waals surface area contributed by atoms with E-state index in [1.165, 1.54) is 6.07 Å². The van der Waals surface area contributed by atoms with Crippen molar-refractivity contribution in [2.75, 3.05) is 49.1 Å². The van der Waals surface area contributed by atoms with E-state index in [2.05, 4.69) is 15.1 Å². The zero-order chi connectivity index (χ0) is 20.2. The van der Waals surface area contributed by atoms with Gasteiger partial charge in [0.2, 0.25) is 5.91 Å². The van der Waals surface area contributed by atoms with Gasteiger partial charge in [0.05, 0.1) is 23.2 Å². The Morgan fingerprint density at radius 2 is 2.03 bits per heavy atom. The molecule has 0 spiro atoms. The molecule has 2 aliphatic rings. The maximum absolute atomic E-state index is 14.3. The van der Waals surface area contributed by atoms with Crippen LogP contribution in [-0.4, -0.2) is 60.3 Å². The van der Waals surface area contributed by atoms with Gasteiger partial charge in [0.25, 0.3) is 0 Å². The predicted octanol–water partition coefficient (Wildman–Crippen LogP) is 2.05. The number of benzene rings is 1. The van der Waals surface area contributed by atoms with Crippen LogP contribution >= 0.6 is 0 Å². The van der Waals surface area contributed by atoms with Crippen LogP contribution in [0.5, 0.6) is 0 Å². The van der Waals surface area contributed by atoms with Gasteiger partial charge >= 0.3 is 0 Å². The number of amides is 1. The first-order valence-electron chi connectivity index (χ1n) is 9.92. The second kappa shape index (κ2) is 8.43. The minimum absolute atomic E-state index is 0.131. The lowest BCUT2D eigenvalue weighted by atomic mass is 10.1. The number of nitrogens with zero attached hydrogens (tertiary/aromatic N) is 6. The quantitative estimate of drug-likeness (QED) is 0.793. The maximum atomic E-state index is 14.3. The van der Waals surface area contributed by atoms with Crippen LogP contribution in [0, 0.1) is 23.1 Å². The molecule has 2 aromatic rings. The van der Waals surface area contributed by atoms with Crippen molar-refractivity contribution in [3.63, 3.8) is 0 Å². The predicted molar refractivity (Wildman–Crippen MR) is 107 cm³/mol. The Kier molecular flexibility index (Phi) is 5.56. The van der Waals surface area contributed by atoms with Gasteiger partial charge in [-0.3, -0.25) is 4.79 Å². The minimum Gasteiger partial charge on any atom is -0.368 e. The fourth-order valence-corrected chi connectivity index (χ4v) is 4.10. The summed E-state index contributed by atoms with van der Waals surface area (Å²) in [4.78, 5) is 19.1. The van der Waals surface area contributed by atoms with E-state index in [0.717, 1.165) is 31.9 Å². The molecule has 2 saturated heterocycles. The normalized spacial score (nSPS) is 19.7. The van der Waals surface area contributed by atoms with Gasteiger partial charge in [0.1, 0.15) is 5.82 Å². The lowest BCUT2D eigenvalue weighted by Gasteiger charge is -2.25. The smallest absolute Gasteiger partial charge is 0.227 e. The van der Waals surface area contributed by atoms with Gasteiger partial charge in [-0.1, -0.05) is 0 Å². The molecule has 3 heterocycles. The van der Waals surface area contributed by atoms with Crippen molar-refractivity contribution in [3.8, 4) is 6.07 Å². The van der Waals surface area contributed by atoms with E-state index in [1.54, 1.807) is 18.3 Å². The molecule has 0 saturated carbocycles. The molecule has 1 aromatic heterocycles. The highest BCUT2D eigenvalue weighted by atomic mass is 19.1. The van der Waals surface area contributed by atoms with E-state index in [4.69, 9.17) is 5.26 Å². The SMILES string of the molecule is N#Cc1ccc(N2CCC(C(=O)N3CCCN(c4cccnn4)CC3)C2)c(F)c1. The Labute approximate surface area is 169 Å². The highest BCUT2D eigenvalue weighted by molar-refractivity contribution is 5.80. The van der Waals surface area contributed by atoms with Gasteiger partial charge in [-0.05, 0) is 43.2 Å². The molecule has 1 amide bonds. The third kappa shape index (κ3) is 4.14. The molecule has 2 fully saturated rings. The van der Waals surface area contributed by atoms with E-state index in [-0.39, 0.29) is 11.8 Å². The summed E-state index contributed by atoms with van der Waals surface area (Å²) >= 11 is 0. The van der Waals surface area contributed by atoms with Crippen molar-refractivity contribution in [1.29, 1.82) is 5.26 Å². The Bertz CT molecular complexity index is 915. The molecule has 1 unspecified atom stereocenters. The number of aromatic nitrogens is 2. The van der Waals surface area contributed by atoms with Crippen molar-refractivity contribution in [3.05, 3.63) is 47.9 Å². The highest BCUT2D eigenvalue weighted by Gasteiger charge is 2.33. The molecule has 29 heavy (non-hydrogen) atoms. The molecule has 0 bridgehead atoms. The summed E-state index contributed by atoms with van der Waals surface area (Å²) in [5, 5.41) is 17.0. The van der Waals surface area contributed by atoms with Crippen LogP contribution in [0.4, 0.5) is 15.9 Å². The average molecular weight is 394 g/mol. The largest absolute Gasteiger partial charge is 0.368 e. The monoisotopic (exact) mass is 394 g/mol. The molecule has 0 N–H and O–H groups in total. The summed E-state index contributed by atoms with van der Waals surface area (Å²) in [5.41, 5.74) is 0.763. The van der Waals surface area contributed by atoms with Crippen molar-refractivity contribution < 1.29 is 9.18 Å². The van der Waals surface area contributed by atoms with Crippen molar-refractivity contribution in [2.45, 2.75) is 12.8 Å². The zero-order valence-electron chi connectivity index (χ0n) is 16.2. The third-order valence-electron chi connectivity index (χ3n) is 5.64. The number of nitriles is 1. The Morgan fingerprint density at radius 1 is 1.14 bits per heavy atom. The summed E-state index contributed by atoms with van der Waals surface area (Å²) in [6.45, 7) is 4.08. The first kappa shape index (κ1) is 19.1. The zero-order valence-corrected chi connectivity index (χ0v) is 16.2. The van der Waals surface area contributed by atoms with Crippen LogP contribution in [0.2, 0.25) is 0 Å². The van der Waals surface area contributed by atoms with Crippen molar-refractivity contribution >= 4 is 17.4 Å². The van der Waals surface area contributed by atoms with E-state index in [9.17, 15) is 9.18 Å². The Morgan fingerprint density at radius 3 is 2.79 bits per heavy atom.